The van der Waals surface area contributed by atoms with Gasteiger partial charge in [0.05, 0.1) is 11.6 Å². The number of nitrogens with one attached hydrogen (secondary N) is 1. The number of likely N-dealkylation sites (tertiary alicyclic amines) is 1. The molecule has 0 radical (unpaired) electrons. The second-order valence-corrected chi connectivity index (χ2v) is 7.27. The standard InChI is InChI=1S/C19H28N2O4/c1-19(2,25)16-9-6-12-21(16)18(24)20-15(10-11-17(22)23)13-14-7-4-3-5-8-14/h3-5,7-8,15-16,25H,6,9-13H2,1-2H3,(H,20,24)(H,22,23). The second-order valence-electron chi connectivity index (χ2n) is 7.27. The van der Waals surface area contributed by atoms with Gasteiger partial charge in [-0.2, -0.15) is 0 Å². The number of urea groups is 1. The Balaban J connectivity index is 2.04. The molecule has 2 atom stereocenters. The first-order chi connectivity index (χ1) is 11.8. The molecule has 2 amide bonds. The number of aliphatic hydroxyl groups is 1. The fourth-order valence-corrected chi connectivity index (χ4v) is 3.42. The molecule has 3 N–H and O–H groups in total. The van der Waals surface area contributed by atoms with Crippen LogP contribution in [0.4, 0.5) is 4.79 Å². The molecule has 6 nitrogen and oxygen atoms in total. The Morgan fingerprint density at radius 3 is 2.60 bits per heavy atom. The number of hydrogen-bond acceptors (Lipinski definition) is 3. The molecule has 2 unspecified atom stereocenters. The van der Waals surface area contributed by atoms with Crippen molar-refractivity contribution in [2.45, 2.75) is 63.6 Å². The van der Waals surface area contributed by atoms with Gasteiger partial charge in [-0.15, -0.1) is 0 Å². The van der Waals surface area contributed by atoms with Crippen molar-refractivity contribution >= 4 is 12.0 Å². The van der Waals surface area contributed by atoms with E-state index in [9.17, 15) is 14.7 Å². The van der Waals surface area contributed by atoms with Crippen LogP contribution in [-0.4, -0.2) is 51.3 Å². The van der Waals surface area contributed by atoms with Crippen molar-refractivity contribution in [1.82, 2.24) is 10.2 Å². The Morgan fingerprint density at radius 2 is 2.00 bits per heavy atom. The summed E-state index contributed by atoms with van der Waals surface area (Å²) in [4.78, 5) is 25.3. The van der Waals surface area contributed by atoms with Gasteiger partial charge in [-0.1, -0.05) is 30.3 Å². The summed E-state index contributed by atoms with van der Waals surface area (Å²) in [5.41, 5.74) is 0.0998. The molecule has 1 aliphatic rings. The predicted molar refractivity (Wildman–Crippen MR) is 95.4 cm³/mol. The number of carbonyl (C=O) groups excluding carboxylic acids is 1. The molecule has 138 valence electrons. The molecule has 0 aromatic heterocycles. The zero-order chi connectivity index (χ0) is 18.4. The highest BCUT2D eigenvalue weighted by molar-refractivity contribution is 5.75. The predicted octanol–water partition coefficient (Wildman–Crippen LogP) is 2.41. The molecule has 2 rings (SSSR count). The quantitative estimate of drug-likeness (QED) is 0.706. The summed E-state index contributed by atoms with van der Waals surface area (Å²) in [5.74, 6) is -0.872. The Labute approximate surface area is 148 Å². The van der Waals surface area contributed by atoms with E-state index in [-0.39, 0.29) is 24.5 Å². The third kappa shape index (κ3) is 5.74. The first-order valence-electron chi connectivity index (χ1n) is 8.82. The monoisotopic (exact) mass is 348 g/mol. The van der Waals surface area contributed by atoms with E-state index in [1.54, 1.807) is 18.7 Å². The largest absolute Gasteiger partial charge is 0.481 e. The van der Waals surface area contributed by atoms with Gasteiger partial charge in [-0.25, -0.2) is 4.79 Å². The molecule has 0 spiro atoms. The lowest BCUT2D eigenvalue weighted by molar-refractivity contribution is -0.137. The van der Waals surface area contributed by atoms with Crippen LogP contribution < -0.4 is 5.32 Å². The molecule has 6 heteroatoms. The number of benzene rings is 1. The van der Waals surface area contributed by atoms with Gasteiger partial charge in [-0.05, 0) is 45.1 Å². The van der Waals surface area contributed by atoms with Crippen molar-refractivity contribution in [2.24, 2.45) is 0 Å². The average molecular weight is 348 g/mol. The lowest BCUT2D eigenvalue weighted by Crippen LogP contribution is -2.53. The van der Waals surface area contributed by atoms with E-state index in [1.807, 2.05) is 30.3 Å². The Hall–Kier alpha value is -2.08. The SMILES string of the molecule is CC(C)(O)C1CCCN1C(=O)NC(CCC(=O)O)Cc1ccccc1. The van der Waals surface area contributed by atoms with E-state index < -0.39 is 11.6 Å². The van der Waals surface area contributed by atoms with Crippen molar-refractivity contribution in [3.05, 3.63) is 35.9 Å². The topological polar surface area (TPSA) is 89.9 Å². The van der Waals surface area contributed by atoms with Crippen LogP contribution in [0.25, 0.3) is 0 Å². The van der Waals surface area contributed by atoms with Gasteiger partial charge in [0, 0.05) is 19.0 Å². The van der Waals surface area contributed by atoms with Gasteiger partial charge < -0.3 is 20.4 Å². The Kier molecular flexibility index (Phi) is 6.42. The van der Waals surface area contributed by atoms with E-state index in [2.05, 4.69) is 5.32 Å². The van der Waals surface area contributed by atoms with E-state index in [1.165, 1.54) is 0 Å². The molecule has 1 saturated heterocycles. The van der Waals surface area contributed by atoms with Crippen LogP contribution in [0, 0.1) is 0 Å². The summed E-state index contributed by atoms with van der Waals surface area (Å²) in [6, 6.07) is 9.01. The lowest BCUT2D eigenvalue weighted by atomic mass is 9.97. The molecule has 0 saturated carbocycles. The maximum Gasteiger partial charge on any atom is 0.317 e. The number of carbonyl (C=O) groups is 2. The Bertz CT molecular complexity index is 583. The fourth-order valence-electron chi connectivity index (χ4n) is 3.42. The van der Waals surface area contributed by atoms with Crippen LogP contribution in [0.15, 0.2) is 30.3 Å². The van der Waals surface area contributed by atoms with Gasteiger partial charge in [0.1, 0.15) is 0 Å². The van der Waals surface area contributed by atoms with Crippen LogP contribution in [0.5, 0.6) is 0 Å². The number of amides is 2. The summed E-state index contributed by atoms with van der Waals surface area (Å²) in [5, 5.41) is 22.2. The van der Waals surface area contributed by atoms with E-state index >= 15 is 0 Å². The fraction of sp³-hybridized carbons (Fsp3) is 0.579. The summed E-state index contributed by atoms with van der Waals surface area (Å²) >= 11 is 0. The summed E-state index contributed by atoms with van der Waals surface area (Å²) < 4.78 is 0. The van der Waals surface area contributed by atoms with E-state index in [0.717, 1.165) is 18.4 Å². The first kappa shape index (κ1) is 19.2. The van der Waals surface area contributed by atoms with Gasteiger partial charge in [0.2, 0.25) is 0 Å². The minimum Gasteiger partial charge on any atom is -0.481 e. The maximum atomic E-state index is 12.7. The Morgan fingerprint density at radius 1 is 1.32 bits per heavy atom. The second kappa shape index (κ2) is 8.34. The molecule has 1 fully saturated rings. The molecule has 25 heavy (non-hydrogen) atoms. The highest BCUT2D eigenvalue weighted by Gasteiger charge is 2.38. The summed E-state index contributed by atoms with van der Waals surface area (Å²) in [7, 11) is 0. The van der Waals surface area contributed by atoms with Crippen molar-refractivity contribution in [2.75, 3.05) is 6.54 Å². The summed E-state index contributed by atoms with van der Waals surface area (Å²) in [6.07, 6.45) is 2.60. The third-order valence-electron chi connectivity index (χ3n) is 4.69. The van der Waals surface area contributed by atoms with Crippen LogP contribution in [0.2, 0.25) is 0 Å². The van der Waals surface area contributed by atoms with Gasteiger partial charge >= 0.3 is 12.0 Å². The smallest absolute Gasteiger partial charge is 0.317 e. The molecule has 1 aromatic rings. The number of carboxylic acids is 1. The van der Waals surface area contributed by atoms with Crippen LogP contribution in [0.1, 0.15) is 45.1 Å². The normalized spacial score (nSPS) is 18.8. The van der Waals surface area contributed by atoms with Gasteiger partial charge in [-0.3, -0.25) is 4.79 Å². The van der Waals surface area contributed by atoms with Crippen molar-refractivity contribution in [1.29, 1.82) is 0 Å². The molecule has 1 aromatic carbocycles. The molecular weight excluding hydrogens is 320 g/mol. The molecule has 0 bridgehead atoms. The number of nitrogens with zero attached hydrogens (tertiary/aromatic N) is 1. The maximum absolute atomic E-state index is 12.7. The van der Waals surface area contributed by atoms with Crippen LogP contribution in [0.3, 0.4) is 0 Å². The van der Waals surface area contributed by atoms with Crippen molar-refractivity contribution < 1.29 is 19.8 Å². The zero-order valence-corrected chi connectivity index (χ0v) is 14.9. The third-order valence-corrected chi connectivity index (χ3v) is 4.69. The molecule has 0 aliphatic carbocycles. The van der Waals surface area contributed by atoms with Gasteiger partial charge in [0.15, 0.2) is 0 Å². The number of rotatable bonds is 7. The number of carboxylic acid groups (broad SMARTS) is 1. The zero-order valence-electron chi connectivity index (χ0n) is 14.9. The van der Waals surface area contributed by atoms with Crippen molar-refractivity contribution in [3.8, 4) is 0 Å². The lowest BCUT2D eigenvalue weighted by Gasteiger charge is -2.34. The van der Waals surface area contributed by atoms with E-state index in [4.69, 9.17) is 5.11 Å². The van der Waals surface area contributed by atoms with E-state index in [0.29, 0.717) is 19.4 Å². The van der Waals surface area contributed by atoms with Crippen molar-refractivity contribution in [3.63, 3.8) is 0 Å². The number of aliphatic carboxylic acids is 1. The van der Waals surface area contributed by atoms with Crippen LogP contribution >= 0.6 is 0 Å². The molecular formula is C19H28N2O4. The number of hydrogen-bond donors (Lipinski definition) is 3. The average Bonchev–Trinajstić information content (AvgIpc) is 3.03. The summed E-state index contributed by atoms with van der Waals surface area (Å²) in [6.45, 7) is 4.04. The first-order valence-corrected chi connectivity index (χ1v) is 8.82. The highest BCUT2D eigenvalue weighted by Crippen LogP contribution is 2.26. The minimum absolute atomic E-state index is 0.00665. The van der Waals surface area contributed by atoms with Gasteiger partial charge in [0.25, 0.3) is 0 Å². The molecule has 1 heterocycles. The molecule has 1 aliphatic heterocycles. The highest BCUT2D eigenvalue weighted by atomic mass is 16.4. The van der Waals surface area contributed by atoms with Crippen LogP contribution in [-0.2, 0) is 11.2 Å². The minimum atomic E-state index is -0.955.